The monoisotopic (exact) mass is 934 g/mol. The van der Waals surface area contributed by atoms with Crippen LogP contribution in [0.4, 0.5) is 20.5 Å². The highest BCUT2D eigenvalue weighted by Crippen LogP contribution is 2.41. The van der Waals surface area contributed by atoms with E-state index in [1.165, 1.54) is 19.2 Å². The summed E-state index contributed by atoms with van der Waals surface area (Å²) in [6.45, 7) is 18.7. The zero-order valence-electron chi connectivity index (χ0n) is 37.8. The van der Waals surface area contributed by atoms with E-state index < -0.39 is 87.3 Å². The number of hydroxylamine groups is 2. The van der Waals surface area contributed by atoms with Crippen LogP contribution in [0.2, 0.25) is 0 Å². The Bertz CT molecular complexity index is 2430. The highest BCUT2D eigenvalue weighted by atomic mass is 32.3. The van der Waals surface area contributed by atoms with E-state index in [4.69, 9.17) is 23.8 Å². The number of esters is 1. The maximum Gasteiger partial charge on any atom is 0.418 e. The number of pyridine rings is 1. The number of hydrogen-bond donors (Lipinski definition) is 3. The van der Waals surface area contributed by atoms with E-state index in [9.17, 15) is 36.9 Å². The lowest BCUT2D eigenvalue weighted by molar-refractivity contribution is -0.656. The van der Waals surface area contributed by atoms with Crippen LogP contribution in [-0.4, -0.2) is 118 Å². The summed E-state index contributed by atoms with van der Waals surface area (Å²) in [6, 6.07) is 7.17. The summed E-state index contributed by atoms with van der Waals surface area (Å²) in [5.74, 6) is -2.62. The van der Waals surface area contributed by atoms with Gasteiger partial charge in [-0.15, -0.1) is 15.6 Å². The molecule has 0 spiro atoms. The van der Waals surface area contributed by atoms with E-state index in [-0.39, 0.29) is 23.0 Å². The Morgan fingerprint density at radius 2 is 1.64 bits per heavy atom. The normalized spacial score (nSPS) is 17.5. The molecule has 2 saturated heterocycles. The quantitative estimate of drug-likeness (QED) is 0.0347. The molecule has 5 rings (SSSR count). The third kappa shape index (κ3) is 13.0. The van der Waals surface area contributed by atoms with E-state index in [2.05, 4.69) is 25.1 Å². The Balaban J connectivity index is 1.38. The molecule has 1 aromatic carbocycles. The van der Waals surface area contributed by atoms with Gasteiger partial charge in [0.15, 0.2) is 16.6 Å². The van der Waals surface area contributed by atoms with Gasteiger partial charge in [-0.25, -0.2) is 23.9 Å². The van der Waals surface area contributed by atoms with Crippen LogP contribution in [0.25, 0.3) is 10.8 Å². The van der Waals surface area contributed by atoms with Crippen LogP contribution in [0.5, 0.6) is 5.75 Å². The summed E-state index contributed by atoms with van der Waals surface area (Å²) in [5.41, 5.74) is -4.36. The molecule has 0 saturated carbocycles. The van der Waals surface area contributed by atoms with Gasteiger partial charge in [-0.3, -0.25) is 29.7 Å². The van der Waals surface area contributed by atoms with Gasteiger partial charge in [0.2, 0.25) is 0 Å². The zero-order valence-corrected chi connectivity index (χ0v) is 39.5. The number of amides is 3. The molecular weight excluding hydrogens is 879 g/mol. The molecule has 64 heavy (non-hydrogen) atoms. The lowest BCUT2D eigenvalue weighted by atomic mass is 9.74. The Morgan fingerprint density at radius 3 is 2.23 bits per heavy atom. The van der Waals surface area contributed by atoms with Crippen LogP contribution >= 0.6 is 11.3 Å². The molecule has 3 aromatic rings. The number of β-lactam (4-membered cyclic amide) rings is 1. The summed E-state index contributed by atoms with van der Waals surface area (Å²) in [6.07, 6.45) is -1.46. The second-order valence-corrected chi connectivity index (χ2v) is 20.6. The predicted molar refractivity (Wildman–Crippen MR) is 232 cm³/mol. The minimum atomic E-state index is -5.06. The third-order valence-electron chi connectivity index (χ3n) is 9.38. The Hall–Kier alpha value is -5.65. The lowest BCUT2D eigenvalue weighted by Crippen LogP contribution is -2.68. The minimum Gasteiger partial charge on any atom is -0.489 e. The second kappa shape index (κ2) is 18.4. The number of thiazole rings is 1. The number of fused-ring (bicyclic) bond motifs is 1. The first-order chi connectivity index (χ1) is 29.4. The second-order valence-electron chi connectivity index (χ2n) is 18.8. The summed E-state index contributed by atoms with van der Waals surface area (Å²) in [4.78, 5) is 77.2. The number of likely N-dealkylation sites (tertiary alicyclic amines) is 1. The number of nitrogens with one attached hydrogen (secondary N) is 2. The standard InChI is InChI=1S/C41H55N7O14S2/c1-38(2,3)58-34(51)30(21-57-25-13-14-26-23(17-25)15-16-46(12)32(26)42-24-19-47(20-24)37(53)60-40(7,8)9)61-45-31(28-22-63-35(43-28)44-36(52)59-39(4,5)6)29(49)18-27-33(50)48(41(27,10)11)62-64(54,55)56/h13-17,22,24,27,30H,18-21H2,1-12H3,(H2,43,44,52,54,55,56)/p+1/b45-31-/t27?,30-/m0/s1. The summed E-state index contributed by atoms with van der Waals surface area (Å²) >= 11 is 0.920. The van der Waals surface area contributed by atoms with Gasteiger partial charge in [0.05, 0.1) is 43.2 Å². The number of carbonyl (C=O) groups is 5. The van der Waals surface area contributed by atoms with Gasteiger partial charge in [-0.1, -0.05) is 5.16 Å². The number of ketones is 1. The van der Waals surface area contributed by atoms with Crippen molar-refractivity contribution in [2.75, 3.05) is 30.3 Å². The number of aromatic nitrogens is 2. The molecule has 2 atom stereocenters. The highest BCUT2D eigenvalue weighted by Gasteiger charge is 2.57. The molecule has 23 heteroatoms. The fourth-order valence-corrected chi connectivity index (χ4v) is 7.51. The van der Waals surface area contributed by atoms with Crippen LogP contribution in [-0.2, 0) is 55.2 Å². The minimum absolute atomic E-state index is 0.0169. The Morgan fingerprint density at radius 1 is 1.00 bits per heavy atom. The van der Waals surface area contributed by atoms with Gasteiger partial charge in [-0.05, 0) is 106 Å². The van der Waals surface area contributed by atoms with E-state index in [1.54, 1.807) is 58.6 Å². The van der Waals surface area contributed by atoms with Crippen LogP contribution in [0.15, 0.2) is 41.0 Å². The number of anilines is 2. The molecule has 0 radical (unpaired) electrons. The lowest BCUT2D eigenvalue weighted by Gasteiger charge is -2.50. The smallest absolute Gasteiger partial charge is 0.418 e. The topological polar surface area (TPSA) is 255 Å². The average molecular weight is 935 g/mol. The SMILES string of the molecule is C[n+]1ccc2cc(OC[C@H](O/N=C(\C(=O)CC3C(=O)N(OS(=O)(=O)O)C3(C)C)c3csc(NC(=O)OC(C)(C)C)n3)C(=O)OC(C)(C)C)ccc2c1NC1CN(C(=O)OC(C)(C)C)C1. The van der Waals surface area contributed by atoms with Crippen molar-refractivity contribution in [3.05, 3.63) is 41.5 Å². The highest BCUT2D eigenvalue weighted by molar-refractivity contribution is 7.80. The first-order valence-electron chi connectivity index (χ1n) is 20.2. The van der Waals surface area contributed by atoms with Crippen molar-refractivity contribution >= 4 is 79.0 Å². The van der Waals surface area contributed by atoms with Crippen molar-refractivity contribution in [2.45, 2.75) is 117 Å². The number of aryl methyl sites for hydroxylation is 1. The Labute approximate surface area is 375 Å². The van der Waals surface area contributed by atoms with Gasteiger partial charge in [-0.2, -0.15) is 13.5 Å². The third-order valence-corrected chi connectivity index (χ3v) is 10.5. The van der Waals surface area contributed by atoms with Crippen molar-refractivity contribution in [2.24, 2.45) is 18.1 Å². The molecule has 4 heterocycles. The molecule has 0 aliphatic carbocycles. The van der Waals surface area contributed by atoms with Crippen molar-refractivity contribution in [3.8, 4) is 5.75 Å². The van der Waals surface area contributed by atoms with E-state index in [0.717, 1.165) is 27.9 Å². The molecule has 350 valence electrons. The molecule has 2 aliphatic rings. The van der Waals surface area contributed by atoms with Crippen molar-refractivity contribution < 1.29 is 69.6 Å². The van der Waals surface area contributed by atoms with Crippen LogP contribution < -0.4 is 19.9 Å². The molecule has 2 aromatic heterocycles. The molecule has 3 amide bonds. The summed E-state index contributed by atoms with van der Waals surface area (Å²) < 4.78 is 60.8. The van der Waals surface area contributed by atoms with Crippen LogP contribution in [0.1, 0.15) is 88.3 Å². The number of hydrogen-bond acceptors (Lipinski definition) is 17. The molecular formula is C41H56N7O14S2+. The number of benzene rings is 1. The summed E-state index contributed by atoms with van der Waals surface area (Å²) in [7, 11) is -3.17. The summed E-state index contributed by atoms with van der Waals surface area (Å²) in [5, 5.41) is 13.5. The van der Waals surface area contributed by atoms with E-state index in [1.807, 2.05) is 50.7 Å². The Kier molecular flexibility index (Phi) is 14.2. The number of Topliss-reactive ketones (excluding diaryl/α,β-unsaturated/α-hetero) is 1. The fourth-order valence-electron chi connectivity index (χ4n) is 6.38. The van der Waals surface area contributed by atoms with Gasteiger partial charge >= 0.3 is 28.6 Å². The maximum absolute atomic E-state index is 14.0. The maximum atomic E-state index is 14.0. The largest absolute Gasteiger partial charge is 0.489 e. The number of oxime groups is 1. The average Bonchev–Trinajstić information content (AvgIpc) is 3.57. The van der Waals surface area contributed by atoms with Crippen LogP contribution in [0.3, 0.4) is 0 Å². The first-order valence-corrected chi connectivity index (χ1v) is 22.4. The molecule has 21 nitrogen and oxygen atoms in total. The molecule has 2 aliphatic heterocycles. The fraction of sp³-hybridized carbons (Fsp3) is 0.561. The van der Waals surface area contributed by atoms with Crippen molar-refractivity contribution in [1.29, 1.82) is 0 Å². The molecule has 0 bridgehead atoms. The van der Waals surface area contributed by atoms with E-state index in [0.29, 0.717) is 23.9 Å². The zero-order chi connectivity index (χ0) is 47.7. The number of rotatable bonds is 15. The van der Waals surface area contributed by atoms with Crippen LogP contribution in [0, 0.1) is 5.92 Å². The van der Waals surface area contributed by atoms with Gasteiger partial charge in [0.1, 0.15) is 40.9 Å². The van der Waals surface area contributed by atoms with Gasteiger partial charge in [0, 0.05) is 11.8 Å². The number of ether oxygens (including phenoxy) is 4. The van der Waals surface area contributed by atoms with E-state index >= 15 is 0 Å². The predicted octanol–water partition coefficient (Wildman–Crippen LogP) is 4.94. The van der Waals surface area contributed by atoms with Gasteiger partial charge < -0.3 is 23.8 Å². The molecule has 1 unspecified atom stereocenters. The van der Waals surface area contributed by atoms with Gasteiger partial charge in [0.25, 0.3) is 17.8 Å². The molecule has 3 N–H and O–H groups in total. The number of carbonyl (C=O) groups excluding carboxylic acids is 5. The molecule has 2 fully saturated rings. The number of nitrogens with zero attached hydrogens (tertiary/aromatic N) is 5. The van der Waals surface area contributed by atoms with Crippen molar-refractivity contribution in [3.63, 3.8) is 0 Å². The van der Waals surface area contributed by atoms with Crippen molar-refractivity contribution in [1.82, 2.24) is 14.9 Å². The first kappa shape index (κ1) is 49.4.